The van der Waals surface area contributed by atoms with Crippen molar-refractivity contribution in [2.45, 2.75) is 19.9 Å². The minimum absolute atomic E-state index is 0.0799. The van der Waals surface area contributed by atoms with Crippen molar-refractivity contribution < 1.29 is 4.79 Å². The van der Waals surface area contributed by atoms with E-state index in [9.17, 15) is 4.79 Å². The molecule has 62 valence electrons. The fraction of sp³-hybridized carbons (Fsp3) is 0.300. The number of nitrogens with zero attached hydrogens (tertiary/aromatic N) is 1. The predicted molar refractivity (Wildman–Crippen MR) is 47.7 cm³/mol. The first-order chi connectivity index (χ1) is 5.75. The highest BCUT2D eigenvalue weighted by atomic mass is 16.1. The Hall–Kier alpha value is -1.40. The van der Waals surface area contributed by atoms with Crippen molar-refractivity contribution in [1.29, 1.82) is 0 Å². The summed E-state index contributed by atoms with van der Waals surface area (Å²) in [6.07, 6.45) is 1.57. The number of hydrogen-bond donors (Lipinski definition) is 0. The lowest BCUT2D eigenvalue weighted by molar-refractivity contribution is 0.559. The van der Waals surface area contributed by atoms with Crippen molar-refractivity contribution in [1.82, 2.24) is 0 Å². The highest BCUT2D eigenvalue weighted by Gasteiger charge is 2.04. The molecule has 0 saturated heterocycles. The van der Waals surface area contributed by atoms with Crippen LogP contribution in [0.15, 0.2) is 29.3 Å². The van der Waals surface area contributed by atoms with Crippen LogP contribution in [0, 0.1) is 6.92 Å². The van der Waals surface area contributed by atoms with Crippen LogP contribution in [0.3, 0.4) is 0 Å². The van der Waals surface area contributed by atoms with E-state index in [1.807, 2.05) is 38.1 Å². The number of benzene rings is 1. The normalized spacial score (nSPS) is 11.8. The Labute approximate surface area is 71.9 Å². The lowest BCUT2D eigenvalue weighted by Gasteiger charge is -2.06. The SMILES string of the molecule is Cc1ccccc1[C@@H](C)N=C=O. The fourth-order valence-corrected chi connectivity index (χ4v) is 1.20. The van der Waals surface area contributed by atoms with Gasteiger partial charge in [0.15, 0.2) is 0 Å². The molecule has 2 heteroatoms. The van der Waals surface area contributed by atoms with E-state index in [0.717, 1.165) is 11.1 Å². The van der Waals surface area contributed by atoms with Gasteiger partial charge in [-0.1, -0.05) is 24.3 Å². The van der Waals surface area contributed by atoms with Crippen LogP contribution in [0.2, 0.25) is 0 Å². The molecule has 0 spiro atoms. The predicted octanol–water partition coefficient (Wildman–Crippen LogP) is 2.39. The molecular formula is C10H11NO. The lowest BCUT2D eigenvalue weighted by atomic mass is 10.0. The number of rotatable bonds is 2. The van der Waals surface area contributed by atoms with Gasteiger partial charge >= 0.3 is 0 Å². The summed E-state index contributed by atoms with van der Waals surface area (Å²) >= 11 is 0. The number of isocyanates is 1. The Morgan fingerprint density at radius 2 is 2.08 bits per heavy atom. The van der Waals surface area contributed by atoms with Crippen LogP contribution in [0.5, 0.6) is 0 Å². The second-order valence-corrected chi connectivity index (χ2v) is 2.75. The zero-order valence-corrected chi connectivity index (χ0v) is 7.24. The van der Waals surface area contributed by atoms with Crippen LogP contribution in [-0.2, 0) is 4.79 Å². The summed E-state index contributed by atoms with van der Waals surface area (Å²) in [5.41, 5.74) is 2.24. The molecule has 0 aliphatic carbocycles. The topological polar surface area (TPSA) is 29.4 Å². The van der Waals surface area contributed by atoms with Crippen molar-refractivity contribution >= 4 is 6.08 Å². The summed E-state index contributed by atoms with van der Waals surface area (Å²) in [6.45, 7) is 3.89. The molecule has 2 nitrogen and oxygen atoms in total. The summed E-state index contributed by atoms with van der Waals surface area (Å²) in [5.74, 6) is 0. The highest BCUT2D eigenvalue weighted by Crippen LogP contribution is 2.19. The summed E-state index contributed by atoms with van der Waals surface area (Å²) in [5, 5.41) is 0. The van der Waals surface area contributed by atoms with Gasteiger partial charge in [0.1, 0.15) is 0 Å². The second kappa shape index (κ2) is 3.84. The Morgan fingerprint density at radius 1 is 1.42 bits per heavy atom. The van der Waals surface area contributed by atoms with E-state index in [1.165, 1.54) is 0 Å². The average Bonchev–Trinajstić information content (AvgIpc) is 2.05. The van der Waals surface area contributed by atoms with Gasteiger partial charge in [0.25, 0.3) is 0 Å². The molecule has 1 rings (SSSR count). The molecule has 1 aromatic rings. The Bertz CT molecular complexity index is 313. The number of hydrogen-bond acceptors (Lipinski definition) is 2. The highest BCUT2D eigenvalue weighted by molar-refractivity contribution is 5.37. The smallest absolute Gasteiger partial charge is 0.211 e. The van der Waals surface area contributed by atoms with Crippen LogP contribution < -0.4 is 0 Å². The van der Waals surface area contributed by atoms with Crippen LogP contribution >= 0.6 is 0 Å². The van der Waals surface area contributed by atoms with Gasteiger partial charge in [-0.25, -0.2) is 4.79 Å². The van der Waals surface area contributed by atoms with Crippen LogP contribution in [0.25, 0.3) is 0 Å². The number of carbonyl (C=O) groups excluding carboxylic acids is 1. The minimum atomic E-state index is -0.0799. The van der Waals surface area contributed by atoms with Crippen LogP contribution in [0.1, 0.15) is 24.1 Å². The Kier molecular flexibility index (Phi) is 2.78. The minimum Gasteiger partial charge on any atom is -0.211 e. The molecule has 0 bridgehead atoms. The molecule has 0 radical (unpaired) electrons. The summed E-state index contributed by atoms with van der Waals surface area (Å²) < 4.78 is 0. The van der Waals surface area contributed by atoms with Gasteiger partial charge in [-0.2, -0.15) is 4.99 Å². The molecule has 0 saturated carbocycles. The van der Waals surface area contributed by atoms with E-state index in [4.69, 9.17) is 0 Å². The quantitative estimate of drug-likeness (QED) is 0.483. The molecule has 1 aromatic carbocycles. The first kappa shape index (κ1) is 8.69. The van der Waals surface area contributed by atoms with Gasteiger partial charge in [0.05, 0.1) is 6.04 Å². The first-order valence-corrected chi connectivity index (χ1v) is 3.88. The van der Waals surface area contributed by atoms with E-state index in [0.29, 0.717) is 0 Å². The molecule has 12 heavy (non-hydrogen) atoms. The van der Waals surface area contributed by atoms with Crippen LogP contribution in [0.4, 0.5) is 0 Å². The molecule has 0 unspecified atom stereocenters. The van der Waals surface area contributed by atoms with Crippen molar-refractivity contribution in [2.75, 3.05) is 0 Å². The molecule has 0 heterocycles. The van der Waals surface area contributed by atoms with Crippen molar-refractivity contribution in [3.8, 4) is 0 Å². The first-order valence-electron chi connectivity index (χ1n) is 3.88. The summed E-state index contributed by atoms with van der Waals surface area (Å²) in [4.78, 5) is 13.7. The maximum absolute atomic E-state index is 10.0. The summed E-state index contributed by atoms with van der Waals surface area (Å²) in [7, 11) is 0. The monoisotopic (exact) mass is 161 g/mol. The molecule has 0 amide bonds. The maximum Gasteiger partial charge on any atom is 0.235 e. The standard InChI is InChI=1S/C10H11NO/c1-8-5-3-4-6-10(8)9(2)11-7-12/h3-6,9H,1-2H3/t9-/m1/s1. The Morgan fingerprint density at radius 3 is 2.67 bits per heavy atom. The largest absolute Gasteiger partial charge is 0.235 e. The third-order valence-electron chi connectivity index (χ3n) is 1.88. The van der Waals surface area contributed by atoms with Gasteiger partial charge in [0.2, 0.25) is 6.08 Å². The third kappa shape index (κ3) is 1.80. The van der Waals surface area contributed by atoms with E-state index in [2.05, 4.69) is 4.99 Å². The second-order valence-electron chi connectivity index (χ2n) is 2.75. The average molecular weight is 161 g/mol. The molecular weight excluding hydrogens is 150 g/mol. The molecule has 0 aliphatic rings. The van der Waals surface area contributed by atoms with E-state index >= 15 is 0 Å². The van der Waals surface area contributed by atoms with Gasteiger partial charge in [-0.05, 0) is 25.0 Å². The molecule has 1 atom stereocenters. The Balaban J connectivity index is 3.02. The number of aryl methyl sites for hydroxylation is 1. The van der Waals surface area contributed by atoms with Crippen molar-refractivity contribution in [2.24, 2.45) is 4.99 Å². The van der Waals surface area contributed by atoms with Gasteiger partial charge in [-0.15, -0.1) is 0 Å². The van der Waals surface area contributed by atoms with Crippen molar-refractivity contribution in [3.63, 3.8) is 0 Å². The molecule has 0 aliphatic heterocycles. The van der Waals surface area contributed by atoms with E-state index in [1.54, 1.807) is 6.08 Å². The number of aliphatic imine (C=N–C) groups is 1. The van der Waals surface area contributed by atoms with Gasteiger partial charge < -0.3 is 0 Å². The molecule has 0 aromatic heterocycles. The van der Waals surface area contributed by atoms with Gasteiger partial charge in [0, 0.05) is 0 Å². The van der Waals surface area contributed by atoms with E-state index < -0.39 is 0 Å². The summed E-state index contributed by atoms with van der Waals surface area (Å²) in [6, 6.07) is 7.81. The van der Waals surface area contributed by atoms with Crippen LogP contribution in [-0.4, -0.2) is 6.08 Å². The van der Waals surface area contributed by atoms with E-state index in [-0.39, 0.29) is 6.04 Å². The maximum atomic E-state index is 10.0. The van der Waals surface area contributed by atoms with Gasteiger partial charge in [-0.3, -0.25) is 0 Å². The fourth-order valence-electron chi connectivity index (χ4n) is 1.20. The zero-order chi connectivity index (χ0) is 8.97. The molecule has 0 N–H and O–H groups in total. The van der Waals surface area contributed by atoms with Crippen molar-refractivity contribution in [3.05, 3.63) is 35.4 Å². The molecule has 0 fully saturated rings. The third-order valence-corrected chi connectivity index (χ3v) is 1.88. The lowest BCUT2D eigenvalue weighted by Crippen LogP contribution is -1.91. The zero-order valence-electron chi connectivity index (χ0n) is 7.24.